The van der Waals surface area contributed by atoms with Gasteiger partial charge in [0.15, 0.2) is 5.85 Å². The van der Waals surface area contributed by atoms with E-state index in [4.69, 9.17) is 14.9 Å². The zero-order chi connectivity index (χ0) is 10.1. The van der Waals surface area contributed by atoms with Crippen LogP contribution in [0.4, 0.5) is 4.39 Å². The van der Waals surface area contributed by atoms with Gasteiger partial charge in [0, 0.05) is 0 Å². The highest BCUT2D eigenvalue weighted by atomic mass is 31.2. The molecule has 1 rings (SSSR count). The van der Waals surface area contributed by atoms with Crippen LogP contribution in [0.15, 0.2) is 24.3 Å². The molecule has 0 heterocycles. The zero-order valence-electron chi connectivity index (χ0n) is 6.46. The van der Waals surface area contributed by atoms with Crippen molar-refractivity contribution in [2.24, 2.45) is 0 Å². The Morgan fingerprint density at radius 1 is 1.38 bits per heavy atom. The van der Waals surface area contributed by atoms with Crippen molar-refractivity contribution in [2.75, 3.05) is 0 Å². The van der Waals surface area contributed by atoms with Crippen LogP contribution in [0.5, 0.6) is 0 Å². The fourth-order valence-electron chi connectivity index (χ4n) is 0.861. The molecule has 4 nitrogen and oxygen atoms in total. The van der Waals surface area contributed by atoms with Crippen LogP contribution in [0.25, 0.3) is 0 Å². The lowest BCUT2D eigenvalue weighted by molar-refractivity contribution is 0.205. The first-order chi connectivity index (χ1) is 5.91. The van der Waals surface area contributed by atoms with E-state index in [2.05, 4.69) is 0 Å². The molecule has 0 saturated carbocycles. The molecule has 0 radical (unpaired) electrons. The van der Waals surface area contributed by atoms with Gasteiger partial charge in [0.05, 0.1) is 0 Å². The summed E-state index contributed by atoms with van der Waals surface area (Å²) in [4.78, 5) is 17.1. The fourth-order valence-corrected chi connectivity index (χ4v) is 1.41. The van der Waals surface area contributed by atoms with Gasteiger partial charge < -0.3 is 14.9 Å². The molecule has 72 valence electrons. The molecule has 1 aromatic carbocycles. The second-order valence-electron chi connectivity index (χ2n) is 2.52. The lowest BCUT2D eigenvalue weighted by Gasteiger charge is -2.11. The van der Waals surface area contributed by atoms with E-state index in [0.717, 1.165) is 12.1 Å². The predicted molar refractivity (Wildman–Crippen MR) is 43.4 cm³/mol. The van der Waals surface area contributed by atoms with Crippen molar-refractivity contribution in [3.8, 4) is 0 Å². The largest absolute Gasteiger partial charge is 0.376 e. The Balaban J connectivity index is 3.02. The molecule has 3 N–H and O–H groups in total. The van der Waals surface area contributed by atoms with Gasteiger partial charge in [-0.15, -0.1) is 0 Å². The van der Waals surface area contributed by atoms with Gasteiger partial charge >= 0.3 is 7.60 Å². The number of hydrogen-bond acceptors (Lipinski definition) is 2. The highest BCUT2D eigenvalue weighted by molar-refractivity contribution is 7.51. The fraction of sp³-hybridized carbons (Fsp3) is 0.143. The summed E-state index contributed by atoms with van der Waals surface area (Å²) >= 11 is 0. The standard InChI is InChI=1S/C7H8FO4P/c8-6-3-1-2-5(4-6)7(9)13(10,11)12/h1-4,7,9H,(H2,10,11,12). The van der Waals surface area contributed by atoms with Crippen molar-refractivity contribution in [1.82, 2.24) is 0 Å². The molecule has 0 saturated heterocycles. The van der Waals surface area contributed by atoms with Gasteiger partial charge in [-0.25, -0.2) is 4.39 Å². The van der Waals surface area contributed by atoms with Gasteiger partial charge in [0.25, 0.3) is 0 Å². The average molecular weight is 206 g/mol. The maximum absolute atomic E-state index is 12.6. The second kappa shape index (κ2) is 3.55. The summed E-state index contributed by atoms with van der Waals surface area (Å²) in [6.07, 6.45) is 0. The van der Waals surface area contributed by atoms with Gasteiger partial charge in [-0.3, -0.25) is 4.57 Å². The Bertz CT molecular complexity index is 348. The third-order valence-electron chi connectivity index (χ3n) is 1.47. The lowest BCUT2D eigenvalue weighted by Crippen LogP contribution is -1.98. The van der Waals surface area contributed by atoms with E-state index in [1.165, 1.54) is 12.1 Å². The Morgan fingerprint density at radius 2 is 2.00 bits per heavy atom. The first kappa shape index (κ1) is 10.3. The molecule has 0 fully saturated rings. The van der Waals surface area contributed by atoms with Crippen molar-refractivity contribution >= 4 is 7.60 Å². The molecule has 0 spiro atoms. The van der Waals surface area contributed by atoms with Gasteiger partial charge in [0.2, 0.25) is 0 Å². The molecule has 0 aromatic heterocycles. The van der Waals surface area contributed by atoms with Crippen molar-refractivity contribution in [2.45, 2.75) is 5.85 Å². The van der Waals surface area contributed by atoms with Crippen LogP contribution in [0.2, 0.25) is 0 Å². The monoisotopic (exact) mass is 206 g/mol. The number of aliphatic hydroxyl groups is 1. The summed E-state index contributed by atoms with van der Waals surface area (Å²) in [5, 5.41) is 9.05. The van der Waals surface area contributed by atoms with Crippen molar-refractivity contribution in [3.63, 3.8) is 0 Å². The molecular formula is C7H8FO4P. The Hall–Kier alpha value is -0.740. The van der Waals surface area contributed by atoms with Crippen LogP contribution in [-0.2, 0) is 4.57 Å². The van der Waals surface area contributed by atoms with E-state index in [-0.39, 0.29) is 5.56 Å². The number of rotatable bonds is 2. The van der Waals surface area contributed by atoms with Crippen LogP contribution in [0, 0.1) is 5.82 Å². The smallest absolute Gasteiger partial charge is 0.358 e. The number of halogens is 1. The van der Waals surface area contributed by atoms with Gasteiger partial charge in [0.1, 0.15) is 5.82 Å². The van der Waals surface area contributed by atoms with E-state index in [1.807, 2.05) is 0 Å². The summed E-state index contributed by atoms with van der Waals surface area (Å²) in [6, 6.07) is 4.51. The highest BCUT2D eigenvalue weighted by Crippen LogP contribution is 2.49. The molecule has 0 aliphatic rings. The van der Waals surface area contributed by atoms with Crippen molar-refractivity contribution < 1.29 is 23.8 Å². The molecule has 0 bridgehead atoms. The van der Waals surface area contributed by atoms with Gasteiger partial charge in [-0.05, 0) is 17.7 Å². The number of aliphatic hydroxyl groups excluding tert-OH is 1. The first-order valence-electron chi connectivity index (χ1n) is 3.40. The van der Waals surface area contributed by atoms with Crippen molar-refractivity contribution in [3.05, 3.63) is 35.6 Å². The van der Waals surface area contributed by atoms with Crippen LogP contribution < -0.4 is 0 Å². The lowest BCUT2D eigenvalue weighted by atomic mass is 10.2. The van der Waals surface area contributed by atoms with Gasteiger partial charge in [-0.1, -0.05) is 12.1 Å². The van der Waals surface area contributed by atoms with E-state index < -0.39 is 19.3 Å². The molecule has 1 atom stereocenters. The SMILES string of the molecule is O=P(O)(O)C(O)c1cccc(F)c1. The molecular weight excluding hydrogens is 198 g/mol. The molecule has 0 aliphatic carbocycles. The third kappa shape index (κ3) is 2.60. The molecule has 1 aromatic rings. The summed E-state index contributed by atoms with van der Waals surface area (Å²) in [6.45, 7) is 0. The van der Waals surface area contributed by atoms with E-state index in [1.54, 1.807) is 0 Å². The van der Waals surface area contributed by atoms with E-state index in [9.17, 15) is 8.96 Å². The quantitative estimate of drug-likeness (QED) is 0.630. The third-order valence-corrected chi connectivity index (χ3v) is 2.40. The molecule has 6 heteroatoms. The summed E-state index contributed by atoms with van der Waals surface area (Å²) in [7, 11) is -4.61. The maximum Gasteiger partial charge on any atom is 0.358 e. The predicted octanol–water partition coefficient (Wildman–Crippen LogP) is 0.994. The summed E-state index contributed by atoms with van der Waals surface area (Å²) in [5.41, 5.74) is -0.131. The molecule has 13 heavy (non-hydrogen) atoms. The Kier molecular flexibility index (Phi) is 2.83. The van der Waals surface area contributed by atoms with E-state index in [0.29, 0.717) is 0 Å². The Morgan fingerprint density at radius 3 is 2.46 bits per heavy atom. The number of benzene rings is 1. The summed E-state index contributed by atoms with van der Waals surface area (Å²) < 4.78 is 23.1. The minimum atomic E-state index is -4.61. The zero-order valence-corrected chi connectivity index (χ0v) is 7.36. The number of hydrogen-bond donors (Lipinski definition) is 3. The van der Waals surface area contributed by atoms with E-state index >= 15 is 0 Å². The summed E-state index contributed by atoms with van der Waals surface area (Å²) in [5.74, 6) is -2.60. The highest BCUT2D eigenvalue weighted by Gasteiger charge is 2.27. The van der Waals surface area contributed by atoms with Crippen LogP contribution in [0.3, 0.4) is 0 Å². The van der Waals surface area contributed by atoms with Crippen molar-refractivity contribution in [1.29, 1.82) is 0 Å². The Labute approximate surface area is 73.8 Å². The maximum atomic E-state index is 12.6. The average Bonchev–Trinajstić information content (AvgIpc) is 2.01. The van der Waals surface area contributed by atoms with Crippen LogP contribution >= 0.6 is 7.60 Å². The minimum Gasteiger partial charge on any atom is -0.376 e. The molecule has 0 amide bonds. The normalized spacial score (nSPS) is 14.2. The molecule has 1 unspecified atom stereocenters. The first-order valence-corrected chi connectivity index (χ1v) is 5.08. The minimum absolute atomic E-state index is 0.131. The van der Waals surface area contributed by atoms with Gasteiger partial charge in [-0.2, -0.15) is 0 Å². The van der Waals surface area contributed by atoms with Crippen LogP contribution in [-0.4, -0.2) is 14.9 Å². The molecule has 0 aliphatic heterocycles. The topological polar surface area (TPSA) is 77.8 Å². The van der Waals surface area contributed by atoms with Crippen LogP contribution in [0.1, 0.15) is 11.4 Å². The second-order valence-corrected chi connectivity index (χ2v) is 4.19.